The zero-order chi connectivity index (χ0) is 15.4. The van der Waals surface area contributed by atoms with Crippen molar-refractivity contribution in [2.45, 2.75) is 6.54 Å². The van der Waals surface area contributed by atoms with Gasteiger partial charge in [0.2, 0.25) is 0 Å². The van der Waals surface area contributed by atoms with Gasteiger partial charge in [0.05, 0.1) is 12.7 Å². The molecular formula is C15H14Cl2N2O2. The number of amides is 1. The normalized spacial score (nSPS) is 10.2. The number of carbonyl (C=O) groups excluding carboxylic acids is 1. The molecule has 2 rings (SSSR count). The van der Waals surface area contributed by atoms with E-state index in [2.05, 4.69) is 5.32 Å². The van der Waals surface area contributed by atoms with E-state index in [0.717, 1.165) is 0 Å². The van der Waals surface area contributed by atoms with Crippen LogP contribution in [0.15, 0.2) is 36.4 Å². The van der Waals surface area contributed by atoms with Gasteiger partial charge in [-0.1, -0.05) is 29.3 Å². The summed E-state index contributed by atoms with van der Waals surface area (Å²) in [5.74, 6) is 0.291. The highest BCUT2D eigenvalue weighted by molar-refractivity contribution is 6.31. The highest BCUT2D eigenvalue weighted by Gasteiger charge is 2.13. The minimum atomic E-state index is -0.322. The van der Waals surface area contributed by atoms with Crippen LogP contribution in [0.1, 0.15) is 15.9 Å². The third-order valence-corrected chi connectivity index (χ3v) is 3.57. The summed E-state index contributed by atoms with van der Waals surface area (Å²) in [4.78, 5) is 12.2. The van der Waals surface area contributed by atoms with Crippen molar-refractivity contribution in [2.75, 3.05) is 12.8 Å². The van der Waals surface area contributed by atoms with E-state index in [1.54, 1.807) is 37.4 Å². The van der Waals surface area contributed by atoms with Crippen LogP contribution in [0, 0.1) is 0 Å². The van der Waals surface area contributed by atoms with E-state index in [1.165, 1.54) is 6.07 Å². The van der Waals surface area contributed by atoms with Crippen molar-refractivity contribution in [3.63, 3.8) is 0 Å². The molecule has 0 heterocycles. The van der Waals surface area contributed by atoms with Gasteiger partial charge in [0.15, 0.2) is 0 Å². The van der Waals surface area contributed by atoms with Crippen molar-refractivity contribution in [3.8, 4) is 5.75 Å². The van der Waals surface area contributed by atoms with E-state index < -0.39 is 0 Å². The number of hydrogen-bond donors (Lipinski definition) is 2. The van der Waals surface area contributed by atoms with Gasteiger partial charge >= 0.3 is 0 Å². The van der Waals surface area contributed by atoms with Crippen LogP contribution in [-0.4, -0.2) is 13.0 Å². The number of ether oxygens (including phenoxy) is 1. The number of nitrogen functional groups attached to an aromatic ring is 1. The van der Waals surface area contributed by atoms with Crippen LogP contribution in [0.3, 0.4) is 0 Å². The number of carbonyl (C=O) groups is 1. The Labute approximate surface area is 132 Å². The Kier molecular flexibility index (Phi) is 4.94. The van der Waals surface area contributed by atoms with Crippen LogP contribution in [-0.2, 0) is 6.54 Å². The lowest BCUT2D eigenvalue weighted by Gasteiger charge is -2.12. The Balaban J connectivity index is 2.17. The molecule has 0 saturated carbocycles. The maximum Gasteiger partial charge on any atom is 0.253 e. The highest BCUT2D eigenvalue weighted by atomic mass is 35.5. The molecule has 0 aliphatic heterocycles. The zero-order valence-corrected chi connectivity index (χ0v) is 12.8. The summed E-state index contributed by atoms with van der Waals surface area (Å²) >= 11 is 12.0. The fourth-order valence-corrected chi connectivity index (χ4v) is 2.30. The monoisotopic (exact) mass is 324 g/mol. The summed E-state index contributed by atoms with van der Waals surface area (Å²) in [5, 5.41) is 3.73. The van der Waals surface area contributed by atoms with Crippen LogP contribution < -0.4 is 15.8 Å². The second-order valence-electron chi connectivity index (χ2n) is 4.33. The van der Waals surface area contributed by atoms with Crippen LogP contribution in [0.4, 0.5) is 5.69 Å². The number of anilines is 1. The van der Waals surface area contributed by atoms with Crippen molar-refractivity contribution in [3.05, 3.63) is 57.6 Å². The predicted molar refractivity (Wildman–Crippen MR) is 85.0 cm³/mol. The Morgan fingerprint density at radius 2 is 2.05 bits per heavy atom. The summed E-state index contributed by atoms with van der Waals surface area (Å²) in [6, 6.07) is 10.0. The summed E-state index contributed by atoms with van der Waals surface area (Å²) in [6.07, 6.45) is 0. The smallest absolute Gasteiger partial charge is 0.253 e. The Morgan fingerprint density at radius 1 is 1.29 bits per heavy atom. The van der Waals surface area contributed by atoms with E-state index in [9.17, 15) is 4.79 Å². The molecule has 0 saturated heterocycles. The lowest BCUT2D eigenvalue weighted by atomic mass is 10.1. The first kappa shape index (κ1) is 15.5. The average Bonchev–Trinajstić information content (AvgIpc) is 2.47. The van der Waals surface area contributed by atoms with Gasteiger partial charge in [0, 0.05) is 27.8 Å². The van der Waals surface area contributed by atoms with Gasteiger partial charge in [0.1, 0.15) is 5.75 Å². The third kappa shape index (κ3) is 3.60. The molecule has 3 N–H and O–H groups in total. The molecule has 0 atom stereocenters. The van der Waals surface area contributed by atoms with Crippen molar-refractivity contribution in [2.24, 2.45) is 0 Å². The number of methoxy groups -OCH3 is 1. The lowest BCUT2D eigenvalue weighted by molar-refractivity contribution is 0.0951. The largest absolute Gasteiger partial charge is 0.496 e. The van der Waals surface area contributed by atoms with Crippen molar-refractivity contribution in [1.29, 1.82) is 0 Å². The summed E-state index contributed by atoms with van der Waals surface area (Å²) in [7, 11) is 1.55. The summed E-state index contributed by atoms with van der Waals surface area (Å²) in [6.45, 7) is 0.230. The molecule has 0 spiro atoms. The molecule has 0 bridgehead atoms. The van der Waals surface area contributed by atoms with E-state index in [4.69, 9.17) is 33.7 Å². The fraction of sp³-hybridized carbons (Fsp3) is 0.133. The Bertz CT molecular complexity index is 675. The average molecular weight is 325 g/mol. The summed E-state index contributed by atoms with van der Waals surface area (Å²) in [5.41, 5.74) is 7.17. The van der Waals surface area contributed by atoms with Gasteiger partial charge in [-0.05, 0) is 30.3 Å². The number of nitrogens with one attached hydrogen (secondary N) is 1. The third-order valence-electron chi connectivity index (χ3n) is 2.98. The van der Waals surface area contributed by atoms with Gasteiger partial charge in [-0.3, -0.25) is 4.79 Å². The van der Waals surface area contributed by atoms with Crippen LogP contribution in [0.25, 0.3) is 0 Å². The second-order valence-corrected chi connectivity index (χ2v) is 5.18. The molecule has 4 nitrogen and oxygen atoms in total. The van der Waals surface area contributed by atoms with Crippen molar-refractivity contribution < 1.29 is 9.53 Å². The first-order valence-electron chi connectivity index (χ1n) is 6.17. The molecule has 110 valence electrons. The van der Waals surface area contributed by atoms with Crippen molar-refractivity contribution >= 4 is 34.8 Å². The number of hydrogen-bond acceptors (Lipinski definition) is 3. The Morgan fingerprint density at radius 3 is 2.76 bits per heavy atom. The van der Waals surface area contributed by atoms with E-state index in [-0.39, 0.29) is 12.5 Å². The Hall–Kier alpha value is -1.91. The maximum absolute atomic E-state index is 12.2. The topological polar surface area (TPSA) is 64.3 Å². The minimum Gasteiger partial charge on any atom is -0.496 e. The molecule has 2 aromatic carbocycles. The first-order chi connectivity index (χ1) is 10.0. The predicted octanol–water partition coefficient (Wildman–Crippen LogP) is 3.51. The standard InChI is InChI=1S/C15H14Cl2N2O2/c1-21-14-4-2-3-12(17)11(14)8-19-15(20)10-7-9(16)5-6-13(10)18/h2-7H,8,18H2,1H3,(H,19,20). The number of benzene rings is 2. The van der Waals surface area contributed by atoms with Crippen LogP contribution in [0.5, 0.6) is 5.75 Å². The minimum absolute atomic E-state index is 0.230. The molecule has 0 fully saturated rings. The first-order valence-corrected chi connectivity index (χ1v) is 6.93. The molecule has 1 amide bonds. The van der Waals surface area contributed by atoms with Crippen LogP contribution >= 0.6 is 23.2 Å². The van der Waals surface area contributed by atoms with E-state index >= 15 is 0 Å². The quantitative estimate of drug-likeness (QED) is 0.846. The highest BCUT2D eigenvalue weighted by Crippen LogP contribution is 2.26. The van der Waals surface area contributed by atoms with Gasteiger partial charge in [-0.2, -0.15) is 0 Å². The molecule has 0 aliphatic carbocycles. The molecule has 0 aliphatic rings. The van der Waals surface area contributed by atoms with Gasteiger partial charge in [0.25, 0.3) is 5.91 Å². The molecular weight excluding hydrogens is 311 g/mol. The molecule has 6 heteroatoms. The number of rotatable bonds is 4. The SMILES string of the molecule is COc1cccc(Cl)c1CNC(=O)c1cc(Cl)ccc1N. The lowest BCUT2D eigenvalue weighted by Crippen LogP contribution is -2.24. The molecule has 2 aromatic rings. The van der Waals surface area contributed by atoms with Gasteiger partial charge in [-0.25, -0.2) is 0 Å². The van der Waals surface area contributed by atoms with Gasteiger partial charge < -0.3 is 15.8 Å². The molecule has 0 radical (unpaired) electrons. The summed E-state index contributed by atoms with van der Waals surface area (Å²) < 4.78 is 5.23. The molecule has 0 unspecified atom stereocenters. The van der Waals surface area contributed by atoms with E-state index in [1.807, 2.05) is 0 Å². The van der Waals surface area contributed by atoms with Gasteiger partial charge in [-0.15, -0.1) is 0 Å². The molecule has 0 aromatic heterocycles. The van der Waals surface area contributed by atoms with Crippen LogP contribution in [0.2, 0.25) is 10.0 Å². The number of nitrogens with two attached hydrogens (primary N) is 1. The molecule has 21 heavy (non-hydrogen) atoms. The second kappa shape index (κ2) is 6.70. The fourth-order valence-electron chi connectivity index (χ4n) is 1.89. The number of halogens is 2. The van der Waals surface area contributed by atoms with E-state index in [0.29, 0.717) is 32.6 Å². The zero-order valence-electron chi connectivity index (χ0n) is 11.3. The van der Waals surface area contributed by atoms with Crippen molar-refractivity contribution in [1.82, 2.24) is 5.32 Å². The maximum atomic E-state index is 12.2.